The summed E-state index contributed by atoms with van der Waals surface area (Å²) < 4.78 is 19.3. The molecule has 1 aliphatic rings. The normalized spacial score (nSPS) is 14.6. The number of aliphatic hydroxyl groups excluding tert-OH is 1. The first-order valence-corrected chi connectivity index (χ1v) is 12.1. The van der Waals surface area contributed by atoms with Crippen molar-refractivity contribution in [3.63, 3.8) is 0 Å². The molecule has 0 saturated heterocycles. The molecule has 6 nitrogen and oxygen atoms in total. The van der Waals surface area contributed by atoms with E-state index < -0.39 is 5.82 Å². The SMILES string of the molecule is C=C(/C=c1/c(C(=O)NC)c(-c2ccc(F)cc2)oc1=C)C1=CC(C(=O)N[C@@H](CO)CCCC)=CCC1. The fourth-order valence-corrected chi connectivity index (χ4v) is 4.11. The van der Waals surface area contributed by atoms with Crippen LogP contribution in [0.2, 0.25) is 0 Å². The quantitative estimate of drug-likeness (QED) is 0.473. The Kier molecular flexibility index (Phi) is 9.19. The van der Waals surface area contributed by atoms with E-state index in [4.69, 9.17) is 4.42 Å². The molecule has 0 spiro atoms. The Balaban J connectivity index is 1.94. The molecule has 0 saturated carbocycles. The average molecular weight is 493 g/mol. The molecule has 1 atom stereocenters. The van der Waals surface area contributed by atoms with Crippen LogP contribution >= 0.6 is 0 Å². The number of halogens is 1. The molecule has 36 heavy (non-hydrogen) atoms. The van der Waals surface area contributed by atoms with E-state index in [1.54, 1.807) is 12.2 Å². The number of hydrogen-bond acceptors (Lipinski definition) is 4. The van der Waals surface area contributed by atoms with Crippen molar-refractivity contribution < 1.29 is 23.5 Å². The molecule has 0 fully saturated rings. The first-order valence-electron chi connectivity index (χ1n) is 12.1. The second-order valence-corrected chi connectivity index (χ2v) is 8.76. The largest absolute Gasteiger partial charge is 0.456 e. The number of carbonyl (C=O) groups is 2. The van der Waals surface area contributed by atoms with Gasteiger partial charge in [-0.2, -0.15) is 0 Å². The zero-order valence-electron chi connectivity index (χ0n) is 20.8. The van der Waals surface area contributed by atoms with Crippen LogP contribution in [0.15, 0.2) is 64.1 Å². The molecule has 3 rings (SSSR count). The summed E-state index contributed by atoms with van der Waals surface area (Å²) in [5.41, 5.74) is 3.09. The lowest BCUT2D eigenvalue weighted by atomic mass is 9.93. The monoisotopic (exact) mass is 492 g/mol. The number of rotatable bonds is 10. The second kappa shape index (κ2) is 12.3. The fourth-order valence-electron chi connectivity index (χ4n) is 4.11. The molecule has 2 aromatic rings. The predicted molar refractivity (Wildman–Crippen MR) is 140 cm³/mol. The van der Waals surface area contributed by atoms with Gasteiger partial charge in [-0.1, -0.05) is 39.0 Å². The zero-order chi connectivity index (χ0) is 26.2. The van der Waals surface area contributed by atoms with Gasteiger partial charge in [0.2, 0.25) is 0 Å². The molecule has 1 aromatic heterocycles. The lowest BCUT2D eigenvalue weighted by molar-refractivity contribution is -0.118. The van der Waals surface area contributed by atoms with Crippen LogP contribution in [-0.2, 0) is 4.79 Å². The summed E-state index contributed by atoms with van der Waals surface area (Å²) in [7, 11) is 1.52. The molecule has 0 radical (unpaired) electrons. The summed E-state index contributed by atoms with van der Waals surface area (Å²) in [5.74, 6) is -0.708. The molecule has 190 valence electrons. The van der Waals surface area contributed by atoms with Crippen molar-refractivity contribution in [1.29, 1.82) is 0 Å². The van der Waals surface area contributed by atoms with E-state index >= 15 is 0 Å². The van der Waals surface area contributed by atoms with Crippen molar-refractivity contribution in [3.8, 4) is 11.3 Å². The Morgan fingerprint density at radius 3 is 2.61 bits per heavy atom. The Morgan fingerprint density at radius 2 is 1.97 bits per heavy atom. The molecule has 0 unspecified atom stereocenters. The third kappa shape index (κ3) is 6.29. The fraction of sp³-hybridized carbons (Fsp3) is 0.310. The molecule has 0 aliphatic heterocycles. The van der Waals surface area contributed by atoms with Gasteiger partial charge in [0.05, 0.1) is 18.2 Å². The minimum absolute atomic E-state index is 0.110. The first-order chi connectivity index (χ1) is 17.3. The van der Waals surface area contributed by atoms with Crippen molar-refractivity contribution >= 4 is 24.5 Å². The lowest BCUT2D eigenvalue weighted by Crippen LogP contribution is -2.38. The van der Waals surface area contributed by atoms with E-state index in [0.29, 0.717) is 41.2 Å². The molecule has 2 amide bonds. The van der Waals surface area contributed by atoms with Crippen molar-refractivity contribution in [2.45, 2.75) is 45.1 Å². The van der Waals surface area contributed by atoms with Gasteiger partial charge in [-0.3, -0.25) is 9.59 Å². The van der Waals surface area contributed by atoms with Gasteiger partial charge in [0.1, 0.15) is 17.0 Å². The maximum absolute atomic E-state index is 13.4. The van der Waals surface area contributed by atoms with Crippen LogP contribution in [0.5, 0.6) is 0 Å². The highest BCUT2D eigenvalue weighted by atomic mass is 19.1. The summed E-state index contributed by atoms with van der Waals surface area (Å²) in [4.78, 5) is 25.6. The minimum Gasteiger partial charge on any atom is -0.456 e. The van der Waals surface area contributed by atoms with Crippen LogP contribution in [0, 0.1) is 5.82 Å². The van der Waals surface area contributed by atoms with Gasteiger partial charge in [-0.05, 0) is 66.8 Å². The highest BCUT2D eigenvalue weighted by Crippen LogP contribution is 2.25. The van der Waals surface area contributed by atoms with Gasteiger partial charge in [-0.25, -0.2) is 4.39 Å². The Hall–Kier alpha value is -3.71. The standard InChI is InChI=1S/C29H33FN2O4/c1-5-6-10-24(17-33)32-28(34)22-9-7-8-21(16-22)18(2)15-25-19(3)36-27(26(25)29(35)31-4)20-11-13-23(30)14-12-20/h9,11-16,24,33H,2-3,5-8,10,17H2,1,4H3,(H,31,35)(H,32,34)/b25-15+/t24-/m1/s1. The molecular weight excluding hydrogens is 459 g/mol. The van der Waals surface area contributed by atoms with Crippen LogP contribution < -0.4 is 21.3 Å². The van der Waals surface area contributed by atoms with Crippen LogP contribution in [-0.4, -0.2) is 36.6 Å². The maximum atomic E-state index is 13.4. The number of benzene rings is 1. The van der Waals surface area contributed by atoms with Crippen LogP contribution in [0.3, 0.4) is 0 Å². The molecular formula is C29H33FN2O4. The number of nitrogens with one attached hydrogen (secondary N) is 2. The van der Waals surface area contributed by atoms with E-state index in [-0.39, 0.29) is 41.2 Å². The highest BCUT2D eigenvalue weighted by Gasteiger charge is 2.21. The van der Waals surface area contributed by atoms with Crippen LogP contribution in [0.1, 0.15) is 49.4 Å². The van der Waals surface area contributed by atoms with E-state index in [0.717, 1.165) is 18.4 Å². The molecule has 1 aromatic carbocycles. The van der Waals surface area contributed by atoms with Gasteiger partial charge in [0, 0.05) is 23.4 Å². The summed E-state index contributed by atoms with van der Waals surface area (Å²) in [5, 5.41) is 15.6. The number of hydrogen-bond donors (Lipinski definition) is 3. The van der Waals surface area contributed by atoms with Gasteiger partial charge in [-0.15, -0.1) is 0 Å². The first kappa shape index (κ1) is 26.9. The van der Waals surface area contributed by atoms with E-state index in [9.17, 15) is 19.1 Å². The number of carbonyl (C=O) groups excluding carboxylic acids is 2. The lowest BCUT2D eigenvalue weighted by Gasteiger charge is -2.19. The van der Waals surface area contributed by atoms with Gasteiger partial charge >= 0.3 is 0 Å². The summed E-state index contributed by atoms with van der Waals surface area (Å²) in [6, 6.07) is 5.39. The zero-order valence-corrected chi connectivity index (χ0v) is 20.8. The molecule has 1 aliphatic carbocycles. The number of furan rings is 1. The number of aliphatic hydroxyl groups is 1. The average Bonchev–Trinajstić information content (AvgIpc) is 3.21. The Labute approximate surface area is 210 Å². The Morgan fingerprint density at radius 1 is 1.25 bits per heavy atom. The van der Waals surface area contributed by atoms with Gasteiger partial charge < -0.3 is 20.2 Å². The third-order valence-corrected chi connectivity index (χ3v) is 6.15. The topological polar surface area (TPSA) is 91.6 Å². The minimum atomic E-state index is -0.394. The van der Waals surface area contributed by atoms with Crippen LogP contribution in [0.4, 0.5) is 4.39 Å². The van der Waals surface area contributed by atoms with Crippen molar-refractivity contribution in [3.05, 3.63) is 81.7 Å². The summed E-state index contributed by atoms with van der Waals surface area (Å²) >= 11 is 0. The summed E-state index contributed by atoms with van der Waals surface area (Å²) in [6.07, 6.45) is 9.34. The number of unbranched alkanes of at least 4 members (excludes halogenated alkanes) is 1. The molecule has 7 heteroatoms. The molecule has 3 N–H and O–H groups in total. The van der Waals surface area contributed by atoms with E-state index in [2.05, 4.69) is 30.7 Å². The van der Waals surface area contributed by atoms with Crippen molar-refractivity contribution in [2.75, 3.05) is 13.7 Å². The maximum Gasteiger partial charge on any atom is 0.255 e. The van der Waals surface area contributed by atoms with Crippen LogP contribution in [0.25, 0.3) is 24.0 Å². The van der Waals surface area contributed by atoms with Gasteiger partial charge in [0.15, 0.2) is 0 Å². The molecule has 0 bridgehead atoms. The van der Waals surface area contributed by atoms with Crippen molar-refractivity contribution in [1.82, 2.24) is 10.6 Å². The Bertz CT molecular complexity index is 1300. The van der Waals surface area contributed by atoms with E-state index in [1.807, 2.05) is 6.08 Å². The van der Waals surface area contributed by atoms with Crippen molar-refractivity contribution in [2.24, 2.45) is 0 Å². The van der Waals surface area contributed by atoms with E-state index in [1.165, 1.54) is 31.3 Å². The highest BCUT2D eigenvalue weighted by molar-refractivity contribution is 6.00. The van der Waals surface area contributed by atoms with Gasteiger partial charge in [0.25, 0.3) is 11.8 Å². The number of amides is 2. The summed E-state index contributed by atoms with van der Waals surface area (Å²) in [6.45, 7) is 10.1. The predicted octanol–water partition coefficient (Wildman–Crippen LogP) is 3.51. The smallest absolute Gasteiger partial charge is 0.255 e. The molecule has 1 heterocycles. The second-order valence-electron chi connectivity index (χ2n) is 8.76. The third-order valence-electron chi connectivity index (χ3n) is 6.15. The number of allylic oxidation sites excluding steroid dienone is 3.